The van der Waals surface area contributed by atoms with Crippen LogP contribution in [0, 0.1) is 6.92 Å². The molecular weight excluding hydrogens is 332 g/mol. The van der Waals surface area contributed by atoms with Crippen molar-refractivity contribution in [2.24, 2.45) is 0 Å². The molecule has 0 fully saturated rings. The van der Waals surface area contributed by atoms with E-state index < -0.39 is 0 Å². The molecule has 0 saturated heterocycles. The summed E-state index contributed by atoms with van der Waals surface area (Å²) < 4.78 is 10.6. The molecule has 2 rings (SSSR count). The minimum Gasteiger partial charge on any atom is -0.491 e. The number of aliphatic hydroxyl groups excluding tert-OH is 1. The minimum absolute atomic E-state index is 0. The van der Waals surface area contributed by atoms with Gasteiger partial charge in [-0.25, -0.2) is 4.79 Å². The normalized spacial score (nSPS) is 8.69. The van der Waals surface area contributed by atoms with Gasteiger partial charge < -0.3 is 20.1 Å². The van der Waals surface area contributed by atoms with E-state index in [0.29, 0.717) is 11.3 Å². The number of esters is 1. The lowest BCUT2D eigenvalue weighted by Crippen LogP contribution is -2.08. The van der Waals surface area contributed by atoms with E-state index >= 15 is 0 Å². The molecule has 0 heterocycles. The van der Waals surface area contributed by atoms with Gasteiger partial charge in [0.15, 0.2) is 0 Å². The first-order valence-electron chi connectivity index (χ1n) is 8.76. The van der Waals surface area contributed by atoms with Gasteiger partial charge in [-0.05, 0) is 36.2 Å². The number of hydrogen-bond acceptors (Lipinski definition) is 4. The number of hydrogen-bond donors (Lipinski definition) is 1. The second-order valence-electron chi connectivity index (χ2n) is 4.61. The summed E-state index contributed by atoms with van der Waals surface area (Å²) in [5.74, 6) is 0.270. The van der Waals surface area contributed by atoms with E-state index in [1.54, 1.807) is 18.2 Å². The number of ether oxygens (including phenoxy) is 2. The maximum atomic E-state index is 12.1. The highest BCUT2D eigenvalue weighted by atomic mass is 16.5. The van der Waals surface area contributed by atoms with E-state index in [0.717, 1.165) is 11.1 Å². The SMILES string of the molecule is CC.CC.Cc1cc(OCCO)ccc1C(=O)OCc1ccccc1.O. The van der Waals surface area contributed by atoms with E-state index in [4.69, 9.17) is 14.6 Å². The van der Waals surface area contributed by atoms with E-state index in [2.05, 4.69) is 0 Å². The highest BCUT2D eigenvalue weighted by Gasteiger charge is 2.11. The average Bonchev–Trinajstić information content (AvgIpc) is 2.68. The van der Waals surface area contributed by atoms with Crippen LogP contribution in [-0.2, 0) is 11.3 Å². The molecule has 0 radical (unpaired) electrons. The smallest absolute Gasteiger partial charge is 0.338 e. The van der Waals surface area contributed by atoms with Crippen molar-refractivity contribution in [3.63, 3.8) is 0 Å². The fourth-order valence-electron chi connectivity index (χ4n) is 1.92. The van der Waals surface area contributed by atoms with Crippen LogP contribution in [0.25, 0.3) is 0 Å². The van der Waals surface area contributed by atoms with Crippen molar-refractivity contribution in [1.82, 2.24) is 0 Å². The molecule has 0 bridgehead atoms. The number of aryl methyl sites for hydroxylation is 1. The zero-order chi connectivity index (χ0) is 19.1. The van der Waals surface area contributed by atoms with Crippen molar-refractivity contribution in [3.05, 3.63) is 65.2 Å². The van der Waals surface area contributed by atoms with Crippen molar-refractivity contribution in [1.29, 1.82) is 0 Å². The molecular formula is C21H32O5. The van der Waals surface area contributed by atoms with Crippen LogP contribution in [0.2, 0.25) is 0 Å². The Morgan fingerprint density at radius 1 is 1.00 bits per heavy atom. The highest BCUT2D eigenvalue weighted by Crippen LogP contribution is 2.18. The summed E-state index contributed by atoms with van der Waals surface area (Å²) >= 11 is 0. The van der Waals surface area contributed by atoms with Gasteiger partial charge in [-0.3, -0.25) is 0 Å². The van der Waals surface area contributed by atoms with Gasteiger partial charge in [0.1, 0.15) is 19.0 Å². The van der Waals surface area contributed by atoms with Gasteiger partial charge >= 0.3 is 5.97 Å². The van der Waals surface area contributed by atoms with Crippen molar-refractivity contribution < 1.29 is 24.9 Å². The van der Waals surface area contributed by atoms with Crippen LogP contribution in [0.3, 0.4) is 0 Å². The topological polar surface area (TPSA) is 87.3 Å². The van der Waals surface area contributed by atoms with Crippen LogP contribution in [0.1, 0.15) is 49.2 Å². The number of carbonyl (C=O) groups is 1. The molecule has 0 spiro atoms. The summed E-state index contributed by atoms with van der Waals surface area (Å²) in [5, 5.41) is 8.72. The van der Waals surface area contributed by atoms with Crippen LogP contribution < -0.4 is 4.74 Å². The second kappa shape index (κ2) is 16.1. The maximum absolute atomic E-state index is 12.1. The molecule has 0 amide bonds. The molecule has 5 nitrogen and oxygen atoms in total. The van der Waals surface area contributed by atoms with Crippen molar-refractivity contribution in [2.45, 2.75) is 41.2 Å². The predicted molar refractivity (Wildman–Crippen MR) is 106 cm³/mol. The third kappa shape index (κ3) is 9.20. The van der Waals surface area contributed by atoms with Crippen molar-refractivity contribution in [3.8, 4) is 5.75 Å². The molecule has 2 aromatic carbocycles. The molecule has 0 saturated carbocycles. The molecule has 0 aliphatic rings. The zero-order valence-corrected chi connectivity index (χ0v) is 16.4. The van der Waals surface area contributed by atoms with Gasteiger partial charge in [-0.1, -0.05) is 58.0 Å². The fourth-order valence-corrected chi connectivity index (χ4v) is 1.92. The highest BCUT2D eigenvalue weighted by molar-refractivity contribution is 5.91. The Hall–Kier alpha value is -2.37. The maximum Gasteiger partial charge on any atom is 0.338 e. The van der Waals surface area contributed by atoms with E-state index in [1.165, 1.54) is 0 Å². The number of aliphatic hydroxyl groups is 1. The van der Waals surface area contributed by atoms with Crippen molar-refractivity contribution in [2.75, 3.05) is 13.2 Å². The van der Waals surface area contributed by atoms with Gasteiger partial charge in [0.25, 0.3) is 0 Å². The summed E-state index contributed by atoms with van der Waals surface area (Å²) in [7, 11) is 0. The molecule has 0 aliphatic carbocycles. The number of carbonyl (C=O) groups excluding carboxylic acids is 1. The third-order valence-corrected chi connectivity index (χ3v) is 2.99. The average molecular weight is 364 g/mol. The lowest BCUT2D eigenvalue weighted by Gasteiger charge is -2.10. The molecule has 5 heteroatoms. The summed E-state index contributed by atoms with van der Waals surface area (Å²) in [6.45, 7) is 10.3. The molecule has 26 heavy (non-hydrogen) atoms. The molecule has 0 unspecified atom stereocenters. The quantitative estimate of drug-likeness (QED) is 0.786. The summed E-state index contributed by atoms with van der Waals surface area (Å²) in [6, 6.07) is 14.7. The van der Waals surface area contributed by atoms with Crippen LogP contribution in [0.15, 0.2) is 48.5 Å². The fraction of sp³-hybridized carbons (Fsp3) is 0.381. The van der Waals surface area contributed by atoms with Gasteiger partial charge in [0, 0.05) is 0 Å². The third-order valence-electron chi connectivity index (χ3n) is 2.99. The molecule has 0 atom stereocenters. The lowest BCUT2D eigenvalue weighted by molar-refractivity contribution is 0.0472. The lowest BCUT2D eigenvalue weighted by atomic mass is 10.1. The summed E-state index contributed by atoms with van der Waals surface area (Å²) in [4.78, 5) is 12.1. The molecule has 0 aliphatic heterocycles. The number of benzene rings is 2. The Labute approximate surface area is 156 Å². The summed E-state index contributed by atoms with van der Waals surface area (Å²) in [6.07, 6.45) is 0. The molecule has 146 valence electrons. The first kappa shape index (κ1) is 25.9. The minimum atomic E-state index is -0.356. The largest absolute Gasteiger partial charge is 0.491 e. The van der Waals surface area contributed by atoms with Crippen LogP contribution >= 0.6 is 0 Å². The molecule has 3 N–H and O–H groups in total. The Kier molecular flexibility index (Phi) is 16.0. The second-order valence-corrected chi connectivity index (χ2v) is 4.61. The molecule has 2 aromatic rings. The van der Waals surface area contributed by atoms with Gasteiger partial charge in [-0.15, -0.1) is 0 Å². The first-order chi connectivity index (χ1) is 12.2. The zero-order valence-electron chi connectivity index (χ0n) is 16.4. The Bertz CT molecular complexity index is 597. The van der Waals surface area contributed by atoms with E-state index in [-0.39, 0.29) is 31.3 Å². The van der Waals surface area contributed by atoms with Crippen LogP contribution in [0.4, 0.5) is 0 Å². The Balaban J connectivity index is 0. The first-order valence-corrected chi connectivity index (χ1v) is 8.76. The van der Waals surface area contributed by atoms with Gasteiger partial charge in [0.2, 0.25) is 0 Å². The van der Waals surface area contributed by atoms with Gasteiger partial charge in [0.05, 0.1) is 12.2 Å². The number of rotatable bonds is 6. The van der Waals surface area contributed by atoms with Crippen molar-refractivity contribution >= 4 is 5.97 Å². The molecule has 0 aromatic heterocycles. The Morgan fingerprint density at radius 3 is 2.15 bits per heavy atom. The van der Waals surface area contributed by atoms with Crippen LogP contribution in [0.5, 0.6) is 5.75 Å². The monoisotopic (exact) mass is 364 g/mol. The predicted octanol–water partition coefficient (Wildman–Crippen LogP) is 3.95. The van der Waals surface area contributed by atoms with Crippen LogP contribution in [-0.4, -0.2) is 29.8 Å². The summed E-state index contributed by atoms with van der Waals surface area (Å²) in [5.41, 5.74) is 2.25. The van der Waals surface area contributed by atoms with E-state index in [9.17, 15) is 4.79 Å². The Morgan fingerprint density at radius 2 is 1.62 bits per heavy atom. The van der Waals surface area contributed by atoms with Gasteiger partial charge in [-0.2, -0.15) is 0 Å². The standard InChI is InChI=1S/C17H18O4.2C2H6.H2O/c1-13-11-15(20-10-9-18)7-8-16(13)17(19)21-12-14-5-3-2-4-6-14;2*1-2;/h2-8,11,18H,9-10,12H2,1H3;2*1-2H3;1H2. The van der Waals surface area contributed by atoms with E-state index in [1.807, 2.05) is 65.0 Å².